The van der Waals surface area contributed by atoms with Gasteiger partial charge in [0.15, 0.2) is 0 Å². The highest BCUT2D eigenvalue weighted by molar-refractivity contribution is 6.35. The van der Waals surface area contributed by atoms with Gasteiger partial charge in [-0.1, -0.05) is 29.3 Å². The summed E-state index contributed by atoms with van der Waals surface area (Å²) in [5.74, 6) is -0.461. The van der Waals surface area contributed by atoms with Gasteiger partial charge in [0.05, 0.1) is 10.6 Å². The van der Waals surface area contributed by atoms with Gasteiger partial charge in [-0.3, -0.25) is 4.79 Å². The number of carbonyl (C=O) groups is 1. The second kappa shape index (κ2) is 5.61. The van der Waals surface area contributed by atoms with Crippen molar-refractivity contribution in [2.24, 2.45) is 0 Å². The summed E-state index contributed by atoms with van der Waals surface area (Å²) in [7, 11) is 0. The van der Waals surface area contributed by atoms with Crippen molar-refractivity contribution in [2.45, 2.75) is 12.6 Å². The molecule has 0 saturated heterocycles. The molecule has 1 aliphatic rings. The highest BCUT2D eigenvalue weighted by Gasteiger charge is 2.35. The average molecular weight is 325 g/mol. The monoisotopic (exact) mass is 324 g/mol. The van der Waals surface area contributed by atoms with Crippen molar-refractivity contribution in [3.8, 4) is 0 Å². The number of hydrogen-bond donors (Lipinski definition) is 0. The van der Waals surface area contributed by atoms with Crippen molar-refractivity contribution >= 4 is 29.1 Å². The molecule has 0 atom stereocenters. The SMILES string of the molecule is O=C(c1cc(Cl)ncc1Cl)N1CC=C(C(F)(F)F)CC1. The van der Waals surface area contributed by atoms with Crippen LogP contribution in [-0.4, -0.2) is 35.1 Å². The molecule has 1 amide bonds. The third kappa shape index (κ3) is 3.24. The van der Waals surface area contributed by atoms with E-state index in [-0.39, 0.29) is 35.2 Å². The molecule has 1 aromatic rings. The van der Waals surface area contributed by atoms with Crippen LogP contribution in [0, 0.1) is 0 Å². The number of hydrogen-bond acceptors (Lipinski definition) is 2. The molecule has 0 saturated carbocycles. The van der Waals surface area contributed by atoms with E-state index >= 15 is 0 Å². The normalized spacial score (nSPS) is 16.1. The Kier molecular flexibility index (Phi) is 4.25. The summed E-state index contributed by atoms with van der Waals surface area (Å²) >= 11 is 11.5. The third-order valence-electron chi connectivity index (χ3n) is 2.91. The number of alkyl halides is 3. The number of rotatable bonds is 1. The lowest BCUT2D eigenvalue weighted by Crippen LogP contribution is -2.37. The van der Waals surface area contributed by atoms with Crippen LogP contribution in [0.15, 0.2) is 23.9 Å². The highest BCUT2D eigenvalue weighted by Crippen LogP contribution is 2.31. The largest absolute Gasteiger partial charge is 0.412 e. The van der Waals surface area contributed by atoms with E-state index in [9.17, 15) is 18.0 Å². The van der Waals surface area contributed by atoms with Crippen LogP contribution in [0.25, 0.3) is 0 Å². The second-order valence-corrected chi connectivity index (χ2v) is 5.01. The fraction of sp³-hybridized carbons (Fsp3) is 0.333. The van der Waals surface area contributed by atoms with Gasteiger partial charge in [0.1, 0.15) is 5.15 Å². The minimum atomic E-state index is -4.34. The van der Waals surface area contributed by atoms with Crippen molar-refractivity contribution in [3.63, 3.8) is 0 Å². The third-order valence-corrected chi connectivity index (χ3v) is 3.42. The quantitative estimate of drug-likeness (QED) is 0.582. The van der Waals surface area contributed by atoms with Gasteiger partial charge in [-0.2, -0.15) is 13.2 Å². The van der Waals surface area contributed by atoms with Gasteiger partial charge in [0.25, 0.3) is 5.91 Å². The van der Waals surface area contributed by atoms with Crippen molar-refractivity contribution in [2.75, 3.05) is 13.1 Å². The second-order valence-electron chi connectivity index (χ2n) is 4.22. The Bertz CT molecular complexity index is 572. The van der Waals surface area contributed by atoms with Crippen molar-refractivity contribution in [1.82, 2.24) is 9.88 Å². The predicted octanol–water partition coefficient (Wildman–Crippen LogP) is 3.72. The molecule has 1 aliphatic heterocycles. The maximum atomic E-state index is 12.5. The Balaban J connectivity index is 2.17. The molecule has 0 spiro atoms. The summed E-state index contributed by atoms with van der Waals surface area (Å²) in [4.78, 5) is 17.2. The Morgan fingerprint density at radius 3 is 2.60 bits per heavy atom. The van der Waals surface area contributed by atoms with E-state index in [0.717, 1.165) is 6.08 Å². The first-order chi connectivity index (χ1) is 9.29. The first-order valence-electron chi connectivity index (χ1n) is 5.65. The Hall–Kier alpha value is -1.27. The first-order valence-corrected chi connectivity index (χ1v) is 6.41. The van der Waals surface area contributed by atoms with Crippen LogP contribution in [0.3, 0.4) is 0 Å². The van der Waals surface area contributed by atoms with Gasteiger partial charge in [-0.15, -0.1) is 0 Å². The van der Waals surface area contributed by atoms with E-state index in [1.54, 1.807) is 0 Å². The van der Waals surface area contributed by atoms with Gasteiger partial charge >= 0.3 is 6.18 Å². The van der Waals surface area contributed by atoms with Crippen LogP contribution < -0.4 is 0 Å². The van der Waals surface area contributed by atoms with E-state index in [2.05, 4.69) is 4.98 Å². The fourth-order valence-electron chi connectivity index (χ4n) is 1.86. The van der Waals surface area contributed by atoms with E-state index < -0.39 is 17.7 Å². The molecule has 0 aliphatic carbocycles. The summed E-state index contributed by atoms with van der Waals surface area (Å²) in [6, 6.07) is 1.30. The smallest absolute Gasteiger partial charge is 0.335 e. The van der Waals surface area contributed by atoms with Crippen molar-refractivity contribution in [1.29, 1.82) is 0 Å². The molecule has 20 heavy (non-hydrogen) atoms. The summed E-state index contributed by atoms with van der Waals surface area (Å²) in [5.41, 5.74) is -0.476. The Morgan fingerprint density at radius 1 is 1.35 bits per heavy atom. The molecule has 8 heteroatoms. The van der Waals surface area contributed by atoms with Gasteiger partial charge in [0, 0.05) is 24.9 Å². The van der Waals surface area contributed by atoms with E-state index in [4.69, 9.17) is 23.2 Å². The first kappa shape index (κ1) is 15.1. The minimum Gasteiger partial charge on any atom is -0.335 e. The molecule has 2 rings (SSSR count). The lowest BCUT2D eigenvalue weighted by atomic mass is 10.1. The summed E-state index contributed by atoms with van der Waals surface area (Å²) in [5, 5.41) is 0.214. The Labute approximate surface area is 123 Å². The predicted molar refractivity (Wildman–Crippen MR) is 68.9 cm³/mol. The average Bonchev–Trinajstić information content (AvgIpc) is 2.40. The van der Waals surface area contributed by atoms with Gasteiger partial charge in [-0.25, -0.2) is 4.98 Å². The molecule has 0 fully saturated rings. The lowest BCUT2D eigenvalue weighted by Gasteiger charge is -2.27. The number of halogens is 5. The van der Waals surface area contributed by atoms with Gasteiger partial charge in [0.2, 0.25) is 0 Å². The zero-order chi connectivity index (χ0) is 14.9. The Morgan fingerprint density at radius 2 is 2.05 bits per heavy atom. The standard InChI is InChI=1S/C12H9Cl2F3N2O/c13-9-6-18-10(14)5-8(9)11(20)19-3-1-7(2-4-19)12(15,16)17/h1,5-6H,2-4H2. The molecule has 0 N–H and O–H groups in total. The van der Waals surface area contributed by atoms with Crippen LogP contribution in [0.2, 0.25) is 10.2 Å². The van der Waals surface area contributed by atoms with Crippen LogP contribution >= 0.6 is 23.2 Å². The molecule has 1 aromatic heterocycles. The van der Waals surface area contributed by atoms with Crippen molar-refractivity contribution < 1.29 is 18.0 Å². The van der Waals surface area contributed by atoms with Gasteiger partial charge < -0.3 is 4.90 Å². The van der Waals surface area contributed by atoms with E-state index in [1.807, 2.05) is 0 Å². The van der Waals surface area contributed by atoms with Crippen LogP contribution in [0.1, 0.15) is 16.8 Å². The van der Waals surface area contributed by atoms with E-state index in [1.165, 1.54) is 17.2 Å². The van der Waals surface area contributed by atoms with Crippen LogP contribution in [-0.2, 0) is 0 Å². The highest BCUT2D eigenvalue weighted by atomic mass is 35.5. The topological polar surface area (TPSA) is 33.2 Å². The molecule has 2 heterocycles. The maximum Gasteiger partial charge on any atom is 0.412 e. The molecule has 0 radical (unpaired) electrons. The number of nitrogens with zero attached hydrogens (tertiary/aromatic N) is 2. The van der Waals surface area contributed by atoms with Crippen LogP contribution in [0.4, 0.5) is 13.2 Å². The summed E-state index contributed by atoms with van der Waals surface area (Å²) < 4.78 is 37.5. The lowest BCUT2D eigenvalue weighted by molar-refractivity contribution is -0.0957. The fourth-order valence-corrected chi connectivity index (χ4v) is 2.20. The molecule has 108 valence electrons. The van der Waals surface area contributed by atoms with Gasteiger partial charge in [-0.05, 0) is 12.5 Å². The zero-order valence-electron chi connectivity index (χ0n) is 10.0. The maximum absolute atomic E-state index is 12.5. The van der Waals surface area contributed by atoms with E-state index in [0.29, 0.717) is 0 Å². The molecule has 0 bridgehead atoms. The molecule has 3 nitrogen and oxygen atoms in total. The van der Waals surface area contributed by atoms with Crippen LogP contribution in [0.5, 0.6) is 0 Å². The number of pyridine rings is 1. The summed E-state index contributed by atoms with van der Waals surface area (Å²) in [6.45, 7) is -0.121. The molecular weight excluding hydrogens is 316 g/mol. The molecule has 0 unspecified atom stereocenters. The number of aromatic nitrogens is 1. The minimum absolute atomic E-state index is 0.0134. The number of carbonyl (C=O) groups excluding carboxylic acids is 1. The number of amides is 1. The molecular formula is C12H9Cl2F3N2O. The zero-order valence-corrected chi connectivity index (χ0v) is 11.6. The summed E-state index contributed by atoms with van der Waals surface area (Å²) in [6.07, 6.45) is -2.32. The molecule has 0 aromatic carbocycles. The van der Waals surface area contributed by atoms with Crippen molar-refractivity contribution in [3.05, 3.63) is 39.7 Å².